The maximum absolute atomic E-state index is 2.40. The Balaban J connectivity index is 2.47. The second-order valence-corrected chi connectivity index (χ2v) is 7.88. The maximum atomic E-state index is 2.40. The normalized spacial score (nSPS) is 26.2. The third-order valence-corrected chi connectivity index (χ3v) is 7.17. The molecule has 1 heteroatoms. The predicted molar refractivity (Wildman–Crippen MR) is 60.6 cm³/mol. The van der Waals surface area contributed by atoms with E-state index in [9.17, 15) is 0 Å². The van der Waals surface area contributed by atoms with Gasteiger partial charge in [-0.1, -0.05) is 65.1 Å². The Hall–Kier alpha value is -1.08. The van der Waals surface area contributed by atoms with Crippen molar-refractivity contribution in [1.29, 1.82) is 0 Å². The van der Waals surface area contributed by atoms with Crippen LogP contribution in [-0.2, 0) is 0 Å². The fraction of sp³-hybridized carbons (Fsp3) is 0.167. The molecule has 0 bridgehead atoms. The zero-order valence-electron chi connectivity index (χ0n) is 8.12. The third-order valence-electron chi connectivity index (χ3n) is 2.97. The van der Waals surface area contributed by atoms with E-state index in [-0.39, 0.29) is 0 Å². The molecule has 0 N–H and O–H groups in total. The van der Waals surface area contributed by atoms with Gasteiger partial charge in [-0.3, -0.25) is 0 Å². The molecule has 0 spiro atoms. The Bertz CT molecular complexity index is 362. The minimum Gasteiger partial charge on any atom is -0.0863 e. The second kappa shape index (κ2) is 3.00. The van der Waals surface area contributed by atoms with Crippen LogP contribution >= 0.6 is 0 Å². The van der Waals surface area contributed by atoms with Crippen LogP contribution in [0, 0.1) is 0 Å². The van der Waals surface area contributed by atoms with Crippen LogP contribution in [0.3, 0.4) is 0 Å². The highest BCUT2D eigenvalue weighted by molar-refractivity contribution is 7.01. The summed E-state index contributed by atoms with van der Waals surface area (Å²) in [6.07, 6.45) is 4.45. The molecule has 0 aliphatic carbocycles. The van der Waals surface area contributed by atoms with Crippen LogP contribution in [-0.4, -0.2) is 8.07 Å². The van der Waals surface area contributed by atoms with Gasteiger partial charge in [-0.15, -0.1) is 0 Å². The number of rotatable bonds is 1. The van der Waals surface area contributed by atoms with Gasteiger partial charge in [-0.05, 0) is 6.92 Å². The van der Waals surface area contributed by atoms with Gasteiger partial charge in [0, 0.05) is 0 Å². The van der Waals surface area contributed by atoms with Crippen molar-refractivity contribution < 1.29 is 0 Å². The van der Waals surface area contributed by atoms with Crippen LogP contribution in [0.15, 0.2) is 53.4 Å². The summed E-state index contributed by atoms with van der Waals surface area (Å²) in [4.78, 5) is 0. The topological polar surface area (TPSA) is 0 Å². The molecule has 1 aromatic carbocycles. The molecule has 1 aliphatic heterocycles. The summed E-state index contributed by atoms with van der Waals surface area (Å²) in [6.45, 7) is 4.65. The van der Waals surface area contributed by atoms with E-state index in [4.69, 9.17) is 0 Å². The smallest absolute Gasteiger partial charge is 0.0863 e. The highest BCUT2D eigenvalue weighted by Crippen LogP contribution is 2.21. The summed E-state index contributed by atoms with van der Waals surface area (Å²) in [6, 6.07) is 10.8. The van der Waals surface area contributed by atoms with Crippen LogP contribution in [0.1, 0.15) is 6.92 Å². The second-order valence-electron chi connectivity index (χ2n) is 3.78. The van der Waals surface area contributed by atoms with Gasteiger partial charge in [0.05, 0.1) is 0 Å². The number of hydrogen-bond donors (Lipinski definition) is 0. The molecule has 1 unspecified atom stereocenters. The van der Waals surface area contributed by atoms with E-state index in [1.54, 1.807) is 5.20 Å². The molecule has 0 saturated carbocycles. The minimum absolute atomic E-state index is 1.39. The Labute approximate surface area is 80.6 Å². The molecule has 0 fully saturated rings. The van der Waals surface area contributed by atoms with Crippen LogP contribution in [0.25, 0.3) is 0 Å². The van der Waals surface area contributed by atoms with Crippen molar-refractivity contribution in [3.05, 3.63) is 53.4 Å². The fourth-order valence-corrected chi connectivity index (χ4v) is 4.52. The number of hydrogen-bond acceptors (Lipinski definition) is 0. The third kappa shape index (κ3) is 1.29. The number of benzene rings is 1. The summed E-state index contributed by atoms with van der Waals surface area (Å²) in [5.74, 6) is 0. The molecule has 0 amide bonds. The van der Waals surface area contributed by atoms with Crippen molar-refractivity contribution in [2.45, 2.75) is 13.5 Å². The van der Waals surface area contributed by atoms with Crippen molar-refractivity contribution >= 4 is 13.3 Å². The van der Waals surface area contributed by atoms with E-state index < -0.39 is 8.07 Å². The van der Waals surface area contributed by atoms with Gasteiger partial charge >= 0.3 is 0 Å². The lowest BCUT2D eigenvalue weighted by molar-refractivity contribution is 1.60. The van der Waals surface area contributed by atoms with E-state index in [1.165, 1.54) is 5.19 Å². The first kappa shape index (κ1) is 8.51. The van der Waals surface area contributed by atoms with Crippen LogP contribution < -0.4 is 5.19 Å². The van der Waals surface area contributed by atoms with Gasteiger partial charge < -0.3 is 0 Å². The zero-order valence-corrected chi connectivity index (χ0v) is 9.12. The van der Waals surface area contributed by atoms with Crippen molar-refractivity contribution in [3.8, 4) is 0 Å². The molecule has 1 aromatic rings. The Morgan fingerprint density at radius 3 is 2.31 bits per heavy atom. The van der Waals surface area contributed by atoms with E-state index in [0.717, 1.165) is 0 Å². The molecule has 0 aromatic heterocycles. The largest absolute Gasteiger partial charge is 0.133 e. The molecular weight excluding hydrogens is 172 g/mol. The molecule has 0 nitrogen and oxygen atoms in total. The lowest BCUT2D eigenvalue weighted by atomic mass is 10.4. The fourth-order valence-electron chi connectivity index (χ4n) is 1.80. The van der Waals surface area contributed by atoms with Gasteiger partial charge in [0.25, 0.3) is 0 Å². The van der Waals surface area contributed by atoms with Gasteiger partial charge in [0.2, 0.25) is 0 Å². The SMILES string of the molecule is CC1=CC=C[Si]1(C)c1ccccc1. The zero-order chi connectivity index (χ0) is 9.31. The lowest BCUT2D eigenvalue weighted by Crippen LogP contribution is -2.43. The molecule has 2 rings (SSSR count). The summed E-state index contributed by atoms with van der Waals surface area (Å²) < 4.78 is 0. The summed E-state index contributed by atoms with van der Waals surface area (Å²) in [5.41, 5.74) is 2.40. The van der Waals surface area contributed by atoms with Gasteiger partial charge in [0.1, 0.15) is 8.07 Å². The molecule has 0 saturated heterocycles. The molecule has 0 radical (unpaired) electrons. The average Bonchev–Trinajstić information content (AvgIpc) is 2.50. The van der Waals surface area contributed by atoms with Gasteiger partial charge in [-0.2, -0.15) is 0 Å². The highest BCUT2D eigenvalue weighted by atomic mass is 28.3. The van der Waals surface area contributed by atoms with Crippen LogP contribution in [0.2, 0.25) is 6.55 Å². The van der Waals surface area contributed by atoms with Crippen molar-refractivity contribution in [2.75, 3.05) is 0 Å². The van der Waals surface area contributed by atoms with Crippen molar-refractivity contribution in [3.63, 3.8) is 0 Å². The van der Waals surface area contributed by atoms with Gasteiger partial charge in [0.15, 0.2) is 0 Å². The summed E-state index contributed by atoms with van der Waals surface area (Å²) in [5, 5.41) is 3.07. The van der Waals surface area contributed by atoms with Gasteiger partial charge in [-0.25, -0.2) is 0 Å². The van der Waals surface area contributed by atoms with Crippen LogP contribution in [0.5, 0.6) is 0 Å². The molecule has 1 aliphatic rings. The molecular formula is C12H14Si. The average molecular weight is 186 g/mol. The van der Waals surface area contributed by atoms with Crippen LogP contribution in [0.4, 0.5) is 0 Å². The first-order valence-electron chi connectivity index (χ1n) is 4.65. The quantitative estimate of drug-likeness (QED) is 0.591. The Morgan fingerprint density at radius 1 is 1.08 bits per heavy atom. The van der Waals surface area contributed by atoms with E-state index in [0.29, 0.717) is 0 Å². The van der Waals surface area contributed by atoms with E-state index in [2.05, 4.69) is 61.7 Å². The highest BCUT2D eigenvalue weighted by Gasteiger charge is 2.30. The molecule has 66 valence electrons. The molecule has 13 heavy (non-hydrogen) atoms. The predicted octanol–water partition coefficient (Wildman–Crippen LogP) is 2.57. The van der Waals surface area contributed by atoms with Crippen molar-refractivity contribution in [2.24, 2.45) is 0 Å². The first-order chi connectivity index (χ1) is 6.23. The monoisotopic (exact) mass is 186 g/mol. The lowest BCUT2D eigenvalue weighted by Gasteiger charge is -2.22. The molecule has 1 atom stereocenters. The Kier molecular flexibility index (Phi) is 1.96. The molecule has 1 heterocycles. The first-order valence-corrected chi connectivity index (χ1v) is 7.23. The standard InChI is InChI=1S/C12H14Si/c1-11-7-6-10-13(11,2)12-8-4-3-5-9-12/h3-10H,1-2H3. The minimum atomic E-state index is -1.39. The van der Waals surface area contributed by atoms with E-state index in [1.807, 2.05) is 0 Å². The maximum Gasteiger partial charge on any atom is 0.133 e. The van der Waals surface area contributed by atoms with Crippen molar-refractivity contribution in [1.82, 2.24) is 0 Å². The summed E-state index contributed by atoms with van der Waals surface area (Å²) in [7, 11) is -1.39. The number of allylic oxidation sites excluding steroid dienone is 3. The Morgan fingerprint density at radius 2 is 1.77 bits per heavy atom. The van der Waals surface area contributed by atoms with E-state index >= 15 is 0 Å². The summed E-state index contributed by atoms with van der Waals surface area (Å²) >= 11 is 0.